The van der Waals surface area contributed by atoms with Crippen molar-refractivity contribution in [1.82, 2.24) is 5.32 Å². The average molecular weight is 445 g/mol. The fraction of sp³-hybridized carbons (Fsp3) is 0.400. The van der Waals surface area contributed by atoms with Gasteiger partial charge in [0.2, 0.25) is 0 Å². The molecule has 3 nitrogen and oxygen atoms in total. The Morgan fingerprint density at radius 2 is 1.96 bits per heavy atom. The predicted octanol–water partition coefficient (Wildman–Crippen LogP) is 6.11. The van der Waals surface area contributed by atoms with E-state index in [1.54, 1.807) is 13.2 Å². The zero-order valence-corrected chi connectivity index (χ0v) is 17.8. The first-order chi connectivity index (χ1) is 12.3. The minimum absolute atomic E-state index is 0.0637. The summed E-state index contributed by atoms with van der Waals surface area (Å²) in [4.78, 5) is 0. The minimum Gasteiger partial charge on any atom is -0.493 e. The molecule has 2 rings (SSSR count). The van der Waals surface area contributed by atoms with Crippen LogP contribution < -0.4 is 14.8 Å². The second-order valence-electron chi connectivity index (χ2n) is 6.72. The second-order valence-corrected chi connectivity index (χ2v) is 7.99. The topological polar surface area (TPSA) is 30.5 Å². The molecule has 0 amide bonds. The maximum Gasteiger partial charge on any atom is 0.175 e. The number of nitrogens with one attached hydrogen (secondary N) is 1. The predicted molar refractivity (Wildman–Crippen MR) is 108 cm³/mol. The lowest BCUT2D eigenvalue weighted by Crippen LogP contribution is -2.37. The number of ether oxygens (including phenoxy) is 2. The first kappa shape index (κ1) is 21.0. The van der Waals surface area contributed by atoms with Gasteiger partial charge in [0, 0.05) is 17.6 Å². The van der Waals surface area contributed by atoms with Crippen LogP contribution in [0.15, 0.2) is 34.8 Å². The van der Waals surface area contributed by atoms with Gasteiger partial charge in [-0.15, -0.1) is 0 Å². The first-order valence-electron chi connectivity index (χ1n) is 8.44. The van der Waals surface area contributed by atoms with Crippen LogP contribution in [-0.4, -0.2) is 12.6 Å². The van der Waals surface area contributed by atoms with Gasteiger partial charge in [-0.25, -0.2) is 4.39 Å². The van der Waals surface area contributed by atoms with E-state index in [-0.39, 0.29) is 18.0 Å². The lowest BCUT2D eigenvalue weighted by atomic mass is 10.0. The molecule has 1 N–H and O–H groups in total. The van der Waals surface area contributed by atoms with Crippen LogP contribution in [0.25, 0.3) is 0 Å². The molecule has 0 fully saturated rings. The summed E-state index contributed by atoms with van der Waals surface area (Å²) in [7, 11) is 1.60. The number of halogens is 3. The molecular weight excluding hydrogens is 421 g/mol. The molecule has 2 aromatic carbocycles. The van der Waals surface area contributed by atoms with Crippen LogP contribution in [0.3, 0.4) is 0 Å². The van der Waals surface area contributed by atoms with Crippen LogP contribution in [-0.2, 0) is 13.2 Å². The third kappa shape index (κ3) is 5.60. The van der Waals surface area contributed by atoms with Crippen molar-refractivity contribution < 1.29 is 13.9 Å². The molecule has 0 bridgehead atoms. The van der Waals surface area contributed by atoms with Gasteiger partial charge in [-0.2, -0.15) is 0 Å². The van der Waals surface area contributed by atoms with Crippen molar-refractivity contribution in [2.24, 2.45) is 0 Å². The fourth-order valence-electron chi connectivity index (χ4n) is 2.27. The van der Waals surface area contributed by atoms with E-state index in [2.05, 4.69) is 42.0 Å². The van der Waals surface area contributed by atoms with Gasteiger partial charge in [0.05, 0.1) is 16.6 Å². The van der Waals surface area contributed by atoms with Crippen LogP contribution in [0.5, 0.6) is 11.5 Å². The number of hydrogen-bond acceptors (Lipinski definition) is 3. The molecule has 2 aromatic rings. The van der Waals surface area contributed by atoms with Crippen molar-refractivity contribution >= 4 is 27.5 Å². The molecule has 0 saturated carbocycles. The van der Waals surface area contributed by atoms with E-state index in [1.165, 1.54) is 12.1 Å². The molecule has 0 unspecified atom stereocenters. The van der Waals surface area contributed by atoms with Crippen LogP contribution in [0.1, 0.15) is 38.3 Å². The summed E-state index contributed by atoms with van der Waals surface area (Å²) in [6.45, 7) is 7.43. The van der Waals surface area contributed by atoms with Gasteiger partial charge in [-0.1, -0.05) is 24.6 Å². The molecule has 6 heteroatoms. The Balaban J connectivity index is 2.15. The molecule has 0 aliphatic carbocycles. The summed E-state index contributed by atoms with van der Waals surface area (Å²) in [5.41, 5.74) is 1.86. The summed E-state index contributed by atoms with van der Waals surface area (Å²) >= 11 is 9.62. The molecule has 0 aliphatic heterocycles. The van der Waals surface area contributed by atoms with Gasteiger partial charge in [0.25, 0.3) is 0 Å². The van der Waals surface area contributed by atoms with Gasteiger partial charge in [0.15, 0.2) is 11.5 Å². The Morgan fingerprint density at radius 1 is 1.23 bits per heavy atom. The summed E-state index contributed by atoms with van der Waals surface area (Å²) in [5, 5.41) is 3.86. The summed E-state index contributed by atoms with van der Waals surface area (Å²) < 4.78 is 25.3. The summed E-state index contributed by atoms with van der Waals surface area (Å²) in [6, 6.07) is 8.20. The maximum atomic E-state index is 13.2. The maximum absolute atomic E-state index is 13.2. The Morgan fingerprint density at radius 3 is 2.58 bits per heavy atom. The van der Waals surface area contributed by atoms with Crippen molar-refractivity contribution in [2.45, 2.75) is 45.9 Å². The van der Waals surface area contributed by atoms with Crippen LogP contribution in [0.4, 0.5) is 4.39 Å². The van der Waals surface area contributed by atoms with Gasteiger partial charge >= 0.3 is 0 Å². The van der Waals surface area contributed by atoms with E-state index < -0.39 is 0 Å². The zero-order valence-electron chi connectivity index (χ0n) is 15.5. The zero-order chi connectivity index (χ0) is 19.3. The summed E-state index contributed by atoms with van der Waals surface area (Å²) in [5.74, 6) is 0.847. The lowest BCUT2D eigenvalue weighted by molar-refractivity contribution is 0.282. The number of methoxy groups -OCH3 is 1. The highest BCUT2D eigenvalue weighted by Gasteiger charge is 2.16. The van der Waals surface area contributed by atoms with Gasteiger partial charge in [-0.05, 0) is 66.0 Å². The van der Waals surface area contributed by atoms with Gasteiger partial charge in [-0.3, -0.25) is 0 Å². The Bertz CT molecular complexity index is 768. The number of benzene rings is 2. The van der Waals surface area contributed by atoms with Crippen molar-refractivity contribution in [3.8, 4) is 11.5 Å². The molecule has 0 spiro atoms. The van der Waals surface area contributed by atoms with E-state index in [0.717, 1.165) is 23.0 Å². The van der Waals surface area contributed by atoms with Crippen LogP contribution in [0, 0.1) is 5.82 Å². The molecule has 0 atom stereocenters. The summed E-state index contributed by atoms with van der Waals surface area (Å²) in [6.07, 6.45) is 1.03. The van der Waals surface area contributed by atoms with E-state index in [4.69, 9.17) is 21.1 Å². The van der Waals surface area contributed by atoms with Crippen molar-refractivity contribution in [2.75, 3.05) is 7.11 Å². The lowest BCUT2D eigenvalue weighted by Gasteiger charge is -2.25. The molecule has 26 heavy (non-hydrogen) atoms. The van der Waals surface area contributed by atoms with Crippen molar-refractivity contribution in [3.63, 3.8) is 0 Å². The largest absolute Gasteiger partial charge is 0.493 e. The van der Waals surface area contributed by atoms with Gasteiger partial charge in [0.1, 0.15) is 12.4 Å². The quantitative estimate of drug-likeness (QED) is 0.533. The molecule has 0 radical (unpaired) electrons. The Hall–Kier alpha value is -1.30. The van der Waals surface area contributed by atoms with Crippen molar-refractivity contribution in [1.29, 1.82) is 0 Å². The molecule has 142 valence electrons. The highest BCUT2D eigenvalue weighted by atomic mass is 79.9. The molecule has 0 aromatic heterocycles. The van der Waals surface area contributed by atoms with E-state index in [1.807, 2.05) is 12.1 Å². The molecular formula is C20H24BrClFNO2. The fourth-order valence-corrected chi connectivity index (χ4v) is 3.10. The normalized spacial score (nSPS) is 11.5. The SMILES string of the molecule is CCC(C)(C)NCc1cc(Br)c(OCc2ccc(F)cc2Cl)c(OC)c1. The van der Waals surface area contributed by atoms with Crippen LogP contribution in [0.2, 0.25) is 5.02 Å². The third-order valence-electron chi connectivity index (χ3n) is 4.33. The smallest absolute Gasteiger partial charge is 0.175 e. The van der Waals surface area contributed by atoms with E-state index in [0.29, 0.717) is 22.1 Å². The van der Waals surface area contributed by atoms with E-state index in [9.17, 15) is 4.39 Å². The highest BCUT2D eigenvalue weighted by Crippen LogP contribution is 2.37. The number of hydrogen-bond donors (Lipinski definition) is 1. The van der Waals surface area contributed by atoms with E-state index >= 15 is 0 Å². The molecule has 0 aliphatic rings. The van der Waals surface area contributed by atoms with Crippen LogP contribution >= 0.6 is 27.5 Å². The van der Waals surface area contributed by atoms with Crippen molar-refractivity contribution in [3.05, 3.63) is 56.8 Å². The molecule has 0 saturated heterocycles. The highest BCUT2D eigenvalue weighted by molar-refractivity contribution is 9.10. The third-order valence-corrected chi connectivity index (χ3v) is 5.27. The first-order valence-corrected chi connectivity index (χ1v) is 9.61. The minimum atomic E-state index is -0.371. The average Bonchev–Trinajstić information content (AvgIpc) is 2.60. The van der Waals surface area contributed by atoms with Gasteiger partial charge < -0.3 is 14.8 Å². The Labute approximate surface area is 168 Å². The second kappa shape index (κ2) is 9.07. The Kier molecular flexibility index (Phi) is 7.33. The standard InChI is InChI=1S/C20H24BrClFNO2/c1-5-20(2,3)24-11-13-8-16(21)19(18(9-13)25-4)26-12-14-6-7-15(23)10-17(14)22/h6-10,24H,5,11-12H2,1-4H3. The number of rotatable bonds is 8. The monoisotopic (exact) mass is 443 g/mol. The molecule has 0 heterocycles.